The SMILES string of the molecule is NC(=O)C1(O)CC1.O=CO. The van der Waals surface area contributed by atoms with Gasteiger partial charge in [-0.3, -0.25) is 9.59 Å². The van der Waals surface area contributed by atoms with Crippen LogP contribution < -0.4 is 5.73 Å². The van der Waals surface area contributed by atoms with Crippen molar-refractivity contribution in [2.75, 3.05) is 0 Å². The lowest BCUT2D eigenvalue weighted by Crippen LogP contribution is -2.29. The number of carbonyl (C=O) groups excluding carboxylic acids is 1. The predicted molar refractivity (Wildman–Crippen MR) is 32.1 cm³/mol. The maximum absolute atomic E-state index is 10.1. The van der Waals surface area contributed by atoms with E-state index in [2.05, 4.69) is 0 Å². The Hall–Kier alpha value is -1.10. The number of hydrogen-bond donors (Lipinski definition) is 3. The Bertz CT molecular complexity index is 141. The van der Waals surface area contributed by atoms with Crippen molar-refractivity contribution in [2.24, 2.45) is 5.73 Å². The number of aliphatic hydroxyl groups is 1. The van der Waals surface area contributed by atoms with E-state index in [9.17, 15) is 4.79 Å². The van der Waals surface area contributed by atoms with Crippen LogP contribution >= 0.6 is 0 Å². The second-order valence-corrected chi connectivity index (χ2v) is 2.00. The van der Waals surface area contributed by atoms with E-state index >= 15 is 0 Å². The van der Waals surface area contributed by atoms with Crippen LogP contribution in [0, 0.1) is 0 Å². The van der Waals surface area contributed by atoms with Crippen LogP contribution in [0.15, 0.2) is 0 Å². The molecule has 0 aromatic heterocycles. The minimum atomic E-state index is -1.11. The first-order valence-electron chi connectivity index (χ1n) is 2.67. The highest BCUT2D eigenvalue weighted by Gasteiger charge is 2.46. The topological polar surface area (TPSA) is 101 Å². The quantitative estimate of drug-likeness (QED) is 0.401. The molecule has 0 atom stereocenters. The molecular weight excluding hydrogens is 138 g/mol. The lowest BCUT2D eigenvalue weighted by atomic mass is 10.3. The van der Waals surface area contributed by atoms with E-state index in [4.69, 9.17) is 20.7 Å². The molecule has 0 heterocycles. The van der Waals surface area contributed by atoms with Crippen LogP contribution in [0.2, 0.25) is 0 Å². The van der Waals surface area contributed by atoms with Crippen LogP contribution in [0.5, 0.6) is 0 Å². The second-order valence-electron chi connectivity index (χ2n) is 2.00. The minimum absolute atomic E-state index is 0.250. The molecule has 58 valence electrons. The van der Waals surface area contributed by atoms with Crippen LogP contribution in [-0.4, -0.2) is 28.2 Å². The normalized spacial score (nSPS) is 18.1. The summed E-state index contributed by atoms with van der Waals surface area (Å²) in [6.45, 7) is -0.250. The average Bonchev–Trinajstić information content (AvgIpc) is 2.51. The Balaban J connectivity index is 0.000000236. The summed E-state index contributed by atoms with van der Waals surface area (Å²) < 4.78 is 0. The first kappa shape index (κ1) is 8.90. The highest BCUT2D eigenvalue weighted by Crippen LogP contribution is 2.33. The van der Waals surface area contributed by atoms with Gasteiger partial charge in [-0.2, -0.15) is 0 Å². The number of rotatable bonds is 1. The molecule has 0 spiro atoms. The van der Waals surface area contributed by atoms with Crippen molar-refractivity contribution in [3.63, 3.8) is 0 Å². The van der Waals surface area contributed by atoms with Crippen molar-refractivity contribution in [1.29, 1.82) is 0 Å². The van der Waals surface area contributed by atoms with Crippen molar-refractivity contribution >= 4 is 12.4 Å². The highest BCUT2D eigenvalue weighted by molar-refractivity contribution is 5.85. The van der Waals surface area contributed by atoms with Gasteiger partial charge in [-0.25, -0.2) is 0 Å². The number of carbonyl (C=O) groups is 2. The summed E-state index contributed by atoms with van der Waals surface area (Å²) in [5.74, 6) is -0.590. The van der Waals surface area contributed by atoms with Gasteiger partial charge < -0.3 is 15.9 Å². The van der Waals surface area contributed by atoms with Gasteiger partial charge in [0.2, 0.25) is 5.91 Å². The highest BCUT2D eigenvalue weighted by atomic mass is 16.3. The van der Waals surface area contributed by atoms with Gasteiger partial charge in [-0.05, 0) is 12.8 Å². The summed E-state index contributed by atoms with van der Waals surface area (Å²) in [7, 11) is 0. The lowest BCUT2D eigenvalue weighted by molar-refractivity contribution is -0.128. The third-order valence-electron chi connectivity index (χ3n) is 1.18. The fourth-order valence-electron chi connectivity index (χ4n) is 0.365. The molecule has 0 aromatic rings. The lowest BCUT2D eigenvalue weighted by Gasteiger charge is -1.95. The van der Waals surface area contributed by atoms with E-state index in [1.165, 1.54) is 0 Å². The summed E-state index contributed by atoms with van der Waals surface area (Å²) in [6, 6.07) is 0. The molecule has 1 rings (SSSR count). The van der Waals surface area contributed by atoms with Crippen LogP contribution in [0.25, 0.3) is 0 Å². The van der Waals surface area contributed by atoms with Gasteiger partial charge in [0.15, 0.2) is 0 Å². The zero-order valence-corrected chi connectivity index (χ0v) is 5.28. The Morgan fingerprint density at radius 2 is 1.90 bits per heavy atom. The van der Waals surface area contributed by atoms with Crippen molar-refractivity contribution in [2.45, 2.75) is 18.4 Å². The molecular formula is C5H9NO4. The summed E-state index contributed by atoms with van der Waals surface area (Å²) in [5.41, 5.74) is 3.63. The molecule has 1 fully saturated rings. The molecule has 1 amide bonds. The monoisotopic (exact) mass is 147 g/mol. The molecule has 0 unspecified atom stereocenters. The first-order valence-corrected chi connectivity index (χ1v) is 2.67. The molecule has 0 radical (unpaired) electrons. The molecule has 1 aliphatic rings. The minimum Gasteiger partial charge on any atom is -0.483 e. The third kappa shape index (κ3) is 2.45. The van der Waals surface area contributed by atoms with Gasteiger partial charge in [0, 0.05) is 0 Å². The van der Waals surface area contributed by atoms with Crippen molar-refractivity contribution < 1.29 is 19.8 Å². The smallest absolute Gasteiger partial charge is 0.290 e. The number of carboxylic acid groups (broad SMARTS) is 1. The molecule has 0 saturated heterocycles. The molecule has 5 nitrogen and oxygen atoms in total. The maximum atomic E-state index is 10.1. The number of nitrogens with two attached hydrogens (primary N) is 1. The van der Waals surface area contributed by atoms with E-state index in [0.717, 1.165) is 0 Å². The molecule has 1 aliphatic carbocycles. The zero-order valence-electron chi connectivity index (χ0n) is 5.28. The van der Waals surface area contributed by atoms with Crippen LogP contribution in [0.1, 0.15) is 12.8 Å². The Morgan fingerprint density at radius 1 is 1.60 bits per heavy atom. The van der Waals surface area contributed by atoms with Crippen LogP contribution in [0.3, 0.4) is 0 Å². The fourth-order valence-corrected chi connectivity index (χ4v) is 0.365. The van der Waals surface area contributed by atoms with Crippen LogP contribution in [-0.2, 0) is 9.59 Å². The summed E-state index contributed by atoms with van der Waals surface area (Å²) in [5, 5.41) is 15.6. The molecule has 1 saturated carbocycles. The molecule has 0 aliphatic heterocycles. The molecule has 5 heteroatoms. The van der Waals surface area contributed by atoms with Gasteiger partial charge in [0.05, 0.1) is 0 Å². The summed E-state index contributed by atoms with van der Waals surface area (Å²) in [6.07, 6.45) is 1.09. The maximum Gasteiger partial charge on any atom is 0.290 e. The number of amides is 1. The van der Waals surface area contributed by atoms with Gasteiger partial charge >= 0.3 is 0 Å². The van der Waals surface area contributed by atoms with Gasteiger partial charge in [0.1, 0.15) is 5.60 Å². The molecule has 4 N–H and O–H groups in total. The standard InChI is InChI=1S/C4H7NO2.CH2O2/c5-3(6)4(7)1-2-4;2-1-3/h7H,1-2H2,(H2,5,6);1H,(H,2,3). The van der Waals surface area contributed by atoms with E-state index in [1.807, 2.05) is 0 Å². The van der Waals surface area contributed by atoms with Crippen LogP contribution in [0.4, 0.5) is 0 Å². The van der Waals surface area contributed by atoms with Gasteiger partial charge in [-0.1, -0.05) is 0 Å². The predicted octanol–water partition coefficient (Wildman–Crippen LogP) is -1.30. The average molecular weight is 147 g/mol. The largest absolute Gasteiger partial charge is 0.483 e. The number of hydrogen-bond acceptors (Lipinski definition) is 3. The van der Waals surface area contributed by atoms with E-state index < -0.39 is 11.5 Å². The van der Waals surface area contributed by atoms with Gasteiger partial charge in [0.25, 0.3) is 6.47 Å². The Morgan fingerprint density at radius 3 is 1.90 bits per heavy atom. The second kappa shape index (κ2) is 3.17. The molecule has 0 bridgehead atoms. The van der Waals surface area contributed by atoms with Gasteiger partial charge in [-0.15, -0.1) is 0 Å². The van der Waals surface area contributed by atoms with Crippen molar-refractivity contribution in [3.05, 3.63) is 0 Å². The first-order chi connectivity index (χ1) is 4.56. The van der Waals surface area contributed by atoms with E-state index in [1.54, 1.807) is 0 Å². The third-order valence-corrected chi connectivity index (χ3v) is 1.18. The summed E-state index contributed by atoms with van der Waals surface area (Å²) in [4.78, 5) is 18.4. The van der Waals surface area contributed by atoms with Crippen molar-refractivity contribution in [3.8, 4) is 0 Å². The molecule has 0 aromatic carbocycles. The Labute approximate surface area is 57.5 Å². The zero-order chi connectivity index (χ0) is 8.20. The fraction of sp³-hybridized carbons (Fsp3) is 0.600. The number of primary amides is 1. The van der Waals surface area contributed by atoms with E-state index in [-0.39, 0.29) is 6.47 Å². The van der Waals surface area contributed by atoms with Crippen molar-refractivity contribution in [1.82, 2.24) is 0 Å². The van der Waals surface area contributed by atoms with E-state index in [0.29, 0.717) is 12.8 Å². The molecule has 10 heavy (non-hydrogen) atoms. The summed E-state index contributed by atoms with van der Waals surface area (Å²) >= 11 is 0. The Kier molecular flexibility index (Phi) is 2.82.